The minimum Gasteiger partial charge on any atom is -0.462 e. The Morgan fingerprint density at radius 1 is 0.462 bits per heavy atom. The van der Waals surface area contributed by atoms with E-state index in [1.165, 1.54) is 135 Å². The van der Waals surface area contributed by atoms with Crippen molar-refractivity contribution in [2.45, 2.75) is 296 Å². The average molecular weight is 911 g/mol. The van der Waals surface area contributed by atoms with E-state index in [0.29, 0.717) is 19.3 Å². The third-order valence-electron chi connectivity index (χ3n) is 12.7. The van der Waals surface area contributed by atoms with Gasteiger partial charge in [-0.05, 0) is 70.6 Å². The normalized spacial score (nSPS) is 13.6. The van der Waals surface area contributed by atoms with Gasteiger partial charge in [-0.2, -0.15) is 0 Å². The number of aliphatic hydroxyl groups excluding tert-OH is 2. The van der Waals surface area contributed by atoms with Gasteiger partial charge in [0.2, 0.25) is 5.91 Å². The molecule has 6 heteroatoms. The SMILES string of the molecule is CC/C=C/C=C/C=C/C=C\CCCCCCCC(=O)OC(CCCCC/C=C/CCCCCCCCC)CC(=O)NC(CO)C(O)CCCCCCCCCCCCCCCCCCC. The van der Waals surface area contributed by atoms with Gasteiger partial charge in [0.05, 0.1) is 25.2 Å². The van der Waals surface area contributed by atoms with E-state index in [9.17, 15) is 19.8 Å². The Balaban J connectivity index is 4.57. The lowest BCUT2D eigenvalue weighted by Crippen LogP contribution is -2.46. The summed E-state index contributed by atoms with van der Waals surface area (Å²) in [5, 5.41) is 23.9. The highest BCUT2D eigenvalue weighted by Gasteiger charge is 2.24. The first-order valence-corrected chi connectivity index (χ1v) is 28.1. The summed E-state index contributed by atoms with van der Waals surface area (Å²) in [5.41, 5.74) is 0. The number of carbonyl (C=O) groups excluding carboxylic acids is 2. The Morgan fingerprint density at radius 3 is 1.32 bits per heavy atom. The molecule has 3 unspecified atom stereocenters. The highest BCUT2D eigenvalue weighted by atomic mass is 16.5. The lowest BCUT2D eigenvalue weighted by molar-refractivity contribution is -0.151. The van der Waals surface area contributed by atoms with Gasteiger partial charge in [-0.1, -0.05) is 255 Å². The molecule has 0 saturated heterocycles. The fourth-order valence-corrected chi connectivity index (χ4v) is 8.44. The third-order valence-corrected chi connectivity index (χ3v) is 12.7. The maximum Gasteiger partial charge on any atom is 0.306 e. The van der Waals surface area contributed by atoms with Crippen LogP contribution in [0.1, 0.15) is 278 Å². The molecule has 0 aromatic rings. The van der Waals surface area contributed by atoms with Crippen LogP contribution in [-0.2, 0) is 14.3 Å². The first-order chi connectivity index (χ1) is 32.0. The van der Waals surface area contributed by atoms with Gasteiger partial charge in [-0.3, -0.25) is 9.59 Å². The van der Waals surface area contributed by atoms with Crippen molar-refractivity contribution < 1.29 is 24.5 Å². The maximum atomic E-state index is 13.2. The van der Waals surface area contributed by atoms with Crippen LogP contribution in [0.4, 0.5) is 0 Å². The Morgan fingerprint density at radius 2 is 0.846 bits per heavy atom. The molecule has 0 aromatic heterocycles. The number of aliphatic hydroxyl groups is 2. The molecule has 0 aliphatic carbocycles. The number of amides is 1. The third kappa shape index (κ3) is 47.8. The van der Waals surface area contributed by atoms with Crippen molar-refractivity contribution in [3.8, 4) is 0 Å². The summed E-state index contributed by atoms with van der Waals surface area (Å²) in [6.45, 7) is 6.36. The molecule has 0 spiro atoms. The molecule has 3 atom stereocenters. The molecule has 65 heavy (non-hydrogen) atoms. The summed E-state index contributed by atoms with van der Waals surface area (Å²) in [6.07, 6.45) is 65.7. The molecule has 0 heterocycles. The zero-order valence-corrected chi connectivity index (χ0v) is 43.1. The predicted octanol–water partition coefficient (Wildman–Crippen LogP) is 17.2. The van der Waals surface area contributed by atoms with E-state index in [1.54, 1.807) is 0 Å². The molecule has 0 bridgehead atoms. The lowest BCUT2D eigenvalue weighted by atomic mass is 10.0. The molecule has 6 nitrogen and oxygen atoms in total. The van der Waals surface area contributed by atoms with Gasteiger partial charge in [0.1, 0.15) is 6.10 Å². The zero-order chi connectivity index (χ0) is 47.4. The molecule has 0 aromatic carbocycles. The van der Waals surface area contributed by atoms with Crippen LogP contribution < -0.4 is 5.32 Å². The van der Waals surface area contributed by atoms with Crippen LogP contribution in [0.5, 0.6) is 0 Å². The monoisotopic (exact) mass is 910 g/mol. The Hall–Kier alpha value is -2.44. The van der Waals surface area contributed by atoms with Gasteiger partial charge in [-0.25, -0.2) is 0 Å². The second kappa shape index (κ2) is 52.5. The molecule has 378 valence electrons. The van der Waals surface area contributed by atoms with Crippen LogP contribution in [-0.4, -0.2) is 46.9 Å². The van der Waals surface area contributed by atoms with E-state index in [2.05, 4.69) is 68.6 Å². The van der Waals surface area contributed by atoms with Crippen LogP contribution in [0.2, 0.25) is 0 Å². The number of rotatable bonds is 50. The number of allylic oxidation sites excluding steroid dienone is 10. The van der Waals surface area contributed by atoms with E-state index in [-0.39, 0.29) is 24.9 Å². The van der Waals surface area contributed by atoms with Crippen molar-refractivity contribution in [2.75, 3.05) is 6.61 Å². The molecular formula is C59H107NO5. The highest BCUT2D eigenvalue weighted by Crippen LogP contribution is 2.18. The number of hydrogen-bond donors (Lipinski definition) is 3. The van der Waals surface area contributed by atoms with Crippen LogP contribution in [0.15, 0.2) is 60.8 Å². The number of unbranched alkanes of at least 4 members (excludes halogenated alkanes) is 31. The quantitative estimate of drug-likeness (QED) is 0.0245. The fraction of sp³-hybridized carbons (Fsp3) is 0.797. The van der Waals surface area contributed by atoms with E-state index in [1.807, 2.05) is 18.2 Å². The van der Waals surface area contributed by atoms with Gasteiger partial charge in [0, 0.05) is 6.42 Å². The molecule has 1 amide bonds. The van der Waals surface area contributed by atoms with Crippen molar-refractivity contribution in [3.05, 3.63) is 60.8 Å². The summed E-state index contributed by atoms with van der Waals surface area (Å²) in [6, 6.07) is -0.713. The second-order valence-electron chi connectivity index (χ2n) is 19.0. The Bertz CT molecular complexity index is 1160. The molecule has 0 aliphatic heterocycles. The minimum absolute atomic E-state index is 0.0569. The molecule has 0 fully saturated rings. The van der Waals surface area contributed by atoms with Gasteiger partial charge < -0.3 is 20.3 Å². The number of hydrogen-bond acceptors (Lipinski definition) is 5. The first kappa shape index (κ1) is 62.6. The largest absolute Gasteiger partial charge is 0.462 e. The van der Waals surface area contributed by atoms with Crippen LogP contribution in [0, 0.1) is 0 Å². The molecule has 0 rings (SSSR count). The first-order valence-electron chi connectivity index (χ1n) is 28.1. The van der Waals surface area contributed by atoms with E-state index in [4.69, 9.17) is 4.74 Å². The number of nitrogens with one attached hydrogen (secondary N) is 1. The summed E-state index contributed by atoms with van der Waals surface area (Å²) in [5.74, 6) is -0.510. The van der Waals surface area contributed by atoms with Crippen LogP contribution >= 0.6 is 0 Å². The average Bonchev–Trinajstić information content (AvgIpc) is 3.30. The maximum absolute atomic E-state index is 13.2. The highest BCUT2D eigenvalue weighted by molar-refractivity contribution is 5.77. The van der Waals surface area contributed by atoms with Crippen molar-refractivity contribution in [3.63, 3.8) is 0 Å². The Kier molecular flexibility index (Phi) is 50.6. The standard InChI is InChI=1S/C59H107NO5/c1-4-7-10-13-16-19-22-25-28-29-31-33-36-39-42-45-48-51-57(62)56(54-61)60-58(63)53-55(50-47-44-41-38-35-32-27-24-21-18-15-12-9-6-3)65-59(64)52-49-46-43-40-37-34-30-26-23-20-17-14-11-8-5-2/h8,11,14,17,20,23,26,30,32,35,55-57,61-62H,4-7,9-10,12-13,15-16,18-19,21-22,24-25,27-29,31,33-34,36-54H2,1-3H3,(H,60,63)/b11-8+,17-14+,23-20+,30-26-,35-32+. The van der Waals surface area contributed by atoms with Crippen LogP contribution in [0.25, 0.3) is 0 Å². The molecule has 0 aliphatic rings. The number of esters is 1. The summed E-state index contributed by atoms with van der Waals surface area (Å²) in [7, 11) is 0. The van der Waals surface area contributed by atoms with E-state index in [0.717, 1.165) is 96.3 Å². The molecule has 0 saturated carbocycles. The smallest absolute Gasteiger partial charge is 0.306 e. The molecule has 3 N–H and O–H groups in total. The van der Waals surface area contributed by atoms with E-state index >= 15 is 0 Å². The minimum atomic E-state index is -0.798. The van der Waals surface area contributed by atoms with Crippen molar-refractivity contribution in [1.82, 2.24) is 5.32 Å². The second-order valence-corrected chi connectivity index (χ2v) is 19.0. The van der Waals surface area contributed by atoms with Crippen molar-refractivity contribution in [2.24, 2.45) is 0 Å². The van der Waals surface area contributed by atoms with Crippen molar-refractivity contribution in [1.29, 1.82) is 0 Å². The number of carbonyl (C=O) groups is 2. The summed E-state index contributed by atoms with van der Waals surface area (Å²) in [4.78, 5) is 26.2. The fourth-order valence-electron chi connectivity index (χ4n) is 8.44. The van der Waals surface area contributed by atoms with Gasteiger partial charge in [0.25, 0.3) is 0 Å². The molecular weight excluding hydrogens is 803 g/mol. The van der Waals surface area contributed by atoms with Crippen molar-refractivity contribution >= 4 is 11.9 Å². The number of ether oxygens (including phenoxy) is 1. The predicted molar refractivity (Wildman–Crippen MR) is 282 cm³/mol. The Labute approximate surface area is 403 Å². The lowest BCUT2D eigenvalue weighted by Gasteiger charge is -2.24. The molecule has 0 radical (unpaired) electrons. The van der Waals surface area contributed by atoms with E-state index < -0.39 is 18.2 Å². The summed E-state index contributed by atoms with van der Waals surface area (Å²) >= 11 is 0. The van der Waals surface area contributed by atoms with Gasteiger partial charge >= 0.3 is 5.97 Å². The topological polar surface area (TPSA) is 95.9 Å². The zero-order valence-electron chi connectivity index (χ0n) is 43.1. The van der Waals surface area contributed by atoms with Crippen LogP contribution in [0.3, 0.4) is 0 Å². The van der Waals surface area contributed by atoms with Gasteiger partial charge in [-0.15, -0.1) is 0 Å². The summed E-state index contributed by atoms with van der Waals surface area (Å²) < 4.78 is 5.93. The van der Waals surface area contributed by atoms with Gasteiger partial charge in [0.15, 0.2) is 0 Å².